The summed E-state index contributed by atoms with van der Waals surface area (Å²) in [6.45, 7) is 2.08. The van der Waals surface area contributed by atoms with E-state index in [0.717, 1.165) is 16.4 Å². The zero-order chi connectivity index (χ0) is 20.8. The molecule has 1 amide bonds. The van der Waals surface area contributed by atoms with Gasteiger partial charge in [0.1, 0.15) is 12.4 Å². The van der Waals surface area contributed by atoms with Crippen molar-refractivity contribution in [2.45, 2.75) is 26.7 Å². The standard InChI is InChI=1S/C22H22ClN2O3P/c1-14-21(28-13-15-5-3-2-4-6-15)18(12-26)17(11-24-14)22(27)25-10-16-7-8-20(29)19(23)9-16/h2-9,11,26H,10,12-13,29H2,1H3,(H,25,27). The number of aromatic nitrogens is 1. The maximum atomic E-state index is 12.7. The van der Waals surface area contributed by atoms with Gasteiger partial charge < -0.3 is 15.2 Å². The maximum Gasteiger partial charge on any atom is 0.253 e. The monoisotopic (exact) mass is 428 g/mol. The van der Waals surface area contributed by atoms with Gasteiger partial charge in [0.2, 0.25) is 0 Å². The number of aliphatic hydroxyl groups is 1. The second-order valence-electron chi connectivity index (χ2n) is 6.54. The topological polar surface area (TPSA) is 71.5 Å². The summed E-state index contributed by atoms with van der Waals surface area (Å²) in [5, 5.41) is 14.3. The van der Waals surface area contributed by atoms with Gasteiger partial charge in [0.05, 0.1) is 17.9 Å². The lowest BCUT2D eigenvalue weighted by Crippen LogP contribution is -2.25. The van der Waals surface area contributed by atoms with E-state index in [9.17, 15) is 9.90 Å². The molecule has 0 bridgehead atoms. The van der Waals surface area contributed by atoms with Crippen LogP contribution in [0.25, 0.3) is 0 Å². The molecule has 3 rings (SSSR count). The first-order valence-corrected chi connectivity index (χ1v) is 10.0. The van der Waals surface area contributed by atoms with Crippen LogP contribution in [0.5, 0.6) is 5.75 Å². The molecule has 0 spiro atoms. The highest BCUT2D eigenvalue weighted by molar-refractivity contribution is 7.28. The molecule has 3 aromatic rings. The number of nitrogens with zero attached hydrogens (tertiary/aromatic N) is 1. The van der Waals surface area contributed by atoms with E-state index in [4.69, 9.17) is 16.3 Å². The maximum absolute atomic E-state index is 12.7. The van der Waals surface area contributed by atoms with Crippen molar-refractivity contribution in [1.29, 1.82) is 0 Å². The summed E-state index contributed by atoms with van der Waals surface area (Å²) in [5.74, 6) is 0.0941. The molecular formula is C22H22ClN2O3P. The van der Waals surface area contributed by atoms with Crippen molar-refractivity contribution in [2.24, 2.45) is 0 Å². The number of aryl methyl sites for hydroxylation is 1. The lowest BCUT2D eigenvalue weighted by molar-refractivity contribution is 0.0946. The van der Waals surface area contributed by atoms with Crippen molar-refractivity contribution in [3.8, 4) is 5.75 Å². The second kappa shape index (κ2) is 9.84. The van der Waals surface area contributed by atoms with Crippen molar-refractivity contribution in [1.82, 2.24) is 10.3 Å². The summed E-state index contributed by atoms with van der Waals surface area (Å²) in [7, 11) is 2.55. The van der Waals surface area contributed by atoms with Crippen molar-refractivity contribution >= 4 is 32.1 Å². The number of benzene rings is 2. The third kappa shape index (κ3) is 5.33. The molecule has 1 atom stereocenters. The van der Waals surface area contributed by atoms with Crippen molar-refractivity contribution in [3.63, 3.8) is 0 Å². The predicted octanol–water partition coefficient (Wildman–Crippen LogP) is 3.55. The van der Waals surface area contributed by atoms with Crippen LogP contribution in [0.1, 0.15) is 32.7 Å². The van der Waals surface area contributed by atoms with Crippen molar-refractivity contribution < 1.29 is 14.6 Å². The SMILES string of the molecule is Cc1ncc(C(=O)NCc2ccc(P)c(Cl)c2)c(CO)c1OCc1ccccc1. The van der Waals surface area contributed by atoms with Gasteiger partial charge in [-0.25, -0.2) is 0 Å². The summed E-state index contributed by atoms with van der Waals surface area (Å²) >= 11 is 6.12. The molecule has 0 saturated heterocycles. The number of halogens is 1. The van der Waals surface area contributed by atoms with E-state index in [0.29, 0.717) is 35.2 Å². The Kier molecular flexibility index (Phi) is 7.21. The average molecular weight is 429 g/mol. The van der Waals surface area contributed by atoms with Gasteiger partial charge in [0, 0.05) is 23.3 Å². The molecular weight excluding hydrogens is 407 g/mol. The second-order valence-corrected chi connectivity index (χ2v) is 7.57. The molecule has 0 aliphatic carbocycles. The Morgan fingerprint density at radius 3 is 2.66 bits per heavy atom. The van der Waals surface area contributed by atoms with E-state index in [2.05, 4.69) is 19.5 Å². The van der Waals surface area contributed by atoms with Gasteiger partial charge in [0.25, 0.3) is 5.91 Å². The van der Waals surface area contributed by atoms with E-state index in [1.165, 1.54) is 6.20 Å². The first kappa shape index (κ1) is 21.3. The van der Waals surface area contributed by atoms with Crippen LogP contribution in [0.3, 0.4) is 0 Å². The molecule has 150 valence electrons. The third-order valence-electron chi connectivity index (χ3n) is 4.46. The largest absolute Gasteiger partial charge is 0.487 e. The molecule has 0 aliphatic heterocycles. The molecule has 1 aromatic heterocycles. The Bertz CT molecular complexity index is 1010. The summed E-state index contributed by atoms with van der Waals surface area (Å²) in [6.07, 6.45) is 1.46. The number of hydrogen-bond donors (Lipinski definition) is 2. The van der Waals surface area contributed by atoms with Crippen LogP contribution < -0.4 is 15.4 Å². The average Bonchev–Trinajstić information content (AvgIpc) is 2.73. The minimum atomic E-state index is -0.336. The van der Waals surface area contributed by atoms with E-state index in [1.807, 2.05) is 42.5 Å². The summed E-state index contributed by atoms with van der Waals surface area (Å²) < 4.78 is 5.91. The number of amides is 1. The van der Waals surface area contributed by atoms with Crippen molar-refractivity contribution in [3.05, 3.63) is 87.7 Å². The number of carbonyl (C=O) groups is 1. The third-order valence-corrected chi connectivity index (χ3v) is 5.48. The van der Waals surface area contributed by atoms with Crippen LogP contribution in [-0.2, 0) is 19.8 Å². The summed E-state index contributed by atoms with van der Waals surface area (Å²) in [4.78, 5) is 17.0. The first-order valence-electron chi connectivity index (χ1n) is 9.07. The fraction of sp³-hybridized carbons (Fsp3) is 0.182. The molecule has 0 aliphatic rings. The Hall–Kier alpha value is -2.46. The van der Waals surface area contributed by atoms with E-state index >= 15 is 0 Å². The molecule has 0 fully saturated rings. The van der Waals surface area contributed by atoms with Gasteiger partial charge in [0.15, 0.2) is 0 Å². The fourth-order valence-corrected chi connectivity index (χ4v) is 3.25. The molecule has 1 unspecified atom stereocenters. The van der Waals surface area contributed by atoms with Crippen molar-refractivity contribution in [2.75, 3.05) is 0 Å². The highest BCUT2D eigenvalue weighted by Crippen LogP contribution is 2.26. The molecule has 0 saturated carbocycles. The molecule has 2 aromatic carbocycles. The first-order chi connectivity index (χ1) is 14.0. The number of carbonyl (C=O) groups excluding carboxylic acids is 1. The van der Waals surface area contributed by atoms with E-state index in [-0.39, 0.29) is 18.1 Å². The number of rotatable bonds is 7. The number of aliphatic hydroxyl groups excluding tert-OH is 1. The summed E-state index contributed by atoms with van der Waals surface area (Å²) in [6, 6.07) is 15.2. The minimum absolute atomic E-state index is 0.287. The highest BCUT2D eigenvalue weighted by atomic mass is 35.5. The van der Waals surface area contributed by atoms with E-state index in [1.54, 1.807) is 13.0 Å². The molecule has 5 nitrogen and oxygen atoms in total. The molecule has 7 heteroatoms. The number of pyridine rings is 1. The molecule has 0 radical (unpaired) electrons. The van der Waals surface area contributed by atoms with Crippen LogP contribution in [0.4, 0.5) is 0 Å². The Balaban J connectivity index is 1.77. The van der Waals surface area contributed by atoms with E-state index < -0.39 is 0 Å². The van der Waals surface area contributed by atoms with Crippen LogP contribution >= 0.6 is 20.8 Å². The zero-order valence-electron chi connectivity index (χ0n) is 16.0. The van der Waals surface area contributed by atoms with Gasteiger partial charge >= 0.3 is 0 Å². The Morgan fingerprint density at radius 2 is 1.97 bits per heavy atom. The molecule has 2 N–H and O–H groups in total. The Morgan fingerprint density at radius 1 is 1.21 bits per heavy atom. The van der Waals surface area contributed by atoms with Crippen LogP contribution in [0.2, 0.25) is 5.02 Å². The number of hydrogen-bond acceptors (Lipinski definition) is 4. The van der Waals surface area contributed by atoms with Crippen LogP contribution in [0, 0.1) is 6.92 Å². The lowest BCUT2D eigenvalue weighted by Gasteiger charge is -2.16. The quantitative estimate of drug-likeness (QED) is 0.565. The zero-order valence-corrected chi connectivity index (χ0v) is 17.9. The van der Waals surface area contributed by atoms with Crippen LogP contribution in [0.15, 0.2) is 54.7 Å². The van der Waals surface area contributed by atoms with Gasteiger partial charge in [-0.2, -0.15) is 0 Å². The smallest absolute Gasteiger partial charge is 0.253 e. The lowest BCUT2D eigenvalue weighted by atomic mass is 10.1. The van der Waals surface area contributed by atoms with Gasteiger partial charge in [-0.3, -0.25) is 9.78 Å². The minimum Gasteiger partial charge on any atom is -0.487 e. The highest BCUT2D eigenvalue weighted by Gasteiger charge is 2.19. The number of nitrogens with one attached hydrogen (secondary N) is 1. The molecule has 1 heterocycles. The Labute approximate surface area is 177 Å². The fourth-order valence-electron chi connectivity index (χ4n) is 2.87. The predicted molar refractivity (Wildman–Crippen MR) is 118 cm³/mol. The summed E-state index contributed by atoms with van der Waals surface area (Å²) in [5.41, 5.74) is 3.18. The van der Waals surface area contributed by atoms with Crippen LogP contribution in [-0.4, -0.2) is 16.0 Å². The normalized spacial score (nSPS) is 10.6. The molecule has 29 heavy (non-hydrogen) atoms. The van der Waals surface area contributed by atoms with Gasteiger partial charge in [-0.15, -0.1) is 9.24 Å². The van der Waals surface area contributed by atoms with Gasteiger partial charge in [-0.1, -0.05) is 54.1 Å². The number of ether oxygens (including phenoxy) is 1. The van der Waals surface area contributed by atoms with Gasteiger partial charge in [-0.05, 0) is 29.4 Å².